The molecule has 1 heterocycles. The Morgan fingerprint density at radius 3 is 2.89 bits per heavy atom. The van der Waals surface area contributed by atoms with Gasteiger partial charge in [-0.25, -0.2) is 4.98 Å². The molecule has 1 atom stereocenters. The highest BCUT2D eigenvalue weighted by Gasteiger charge is 2.31. The van der Waals surface area contributed by atoms with E-state index < -0.39 is 0 Å². The zero-order chi connectivity index (χ0) is 13.1. The minimum Gasteiger partial charge on any atom is -0.444 e. The van der Waals surface area contributed by atoms with Crippen molar-refractivity contribution in [1.82, 2.24) is 15.2 Å². The van der Waals surface area contributed by atoms with Crippen molar-refractivity contribution in [3.63, 3.8) is 0 Å². The highest BCUT2D eigenvalue weighted by Crippen LogP contribution is 2.26. The van der Waals surface area contributed by atoms with Gasteiger partial charge in [-0.2, -0.15) is 0 Å². The number of carbonyl (C=O) groups is 1. The van der Waals surface area contributed by atoms with Gasteiger partial charge in [-0.1, -0.05) is 0 Å². The fourth-order valence-corrected chi connectivity index (χ4v) is 2.03. The van der Waals surface area contributed by atoms with Crippen molar-refractivity contribution >= 4 is 5.91 Å². The van der Waals surface area contributed by atoms with Gasteiger partial charge in [0.25, 0.3) is 0 Å². The molecule has 1 aromatic heterocycles. The van der Waals surface area contributed by atoms with Crippen molar-refractivity contribution < 1.29 is 9.21 Å². The van der Waals surface area contributed by atoms with E-state index in [0.717, 1.165) is 25.1 Å². The van der Waals surface area contributed by atoms with Crippen LogP contribution in [0.3, 0.4) is 0 Å². The third-order valence-electron chi connectivity index (χ3n) is 3.22. The minimum atomic E-state index is -0.0411. The molecule has 1 aliphatic rings. The molecule has 5 nitrogen and oxygen atoms in total. The first-order chi connectivity index (χ1) is 8.61. The van der Waals surface area contributed by atoms with Gasteiger partial charge in [0, 0.05) is 12.6 Å². The van der Waals surface area contributed by atoms with Gasteiger partial charge >= 0.3 is 0 Å². The molecular weight excluding hydrogens is 230 g/mol. The second-order valence-corrected chi connectivity index (χ2v) is 4.82. The average Bonchev–Trinajstić information content (AvgIpc) is 3.08. The predicted molar refractivity (Wildman–Crippen MR) is 68.1 cm³/mol. The van der Waals surface area contributed by atoms with E-state index in [1.54, 1.807) is 6.20 Å². The van der Waals surface area contributed by atoms with E-state index in [9.17, 15) is 4.79 Å². The first kappa shape index (κ1) is 13.1. The van der Waals surface area contributed by atoms with Crippen LogP contribution in [0.15, 0.2) is 10.6 Å². The van der Waals surface area contributed by atoms with Crippen LogP contribution in [0, 0.1) is 6.92 Å². The molecule has 0 saturated heterocycles. The largest absolute Gasteiger partial charge is 0.444 e. The van der Waals surface area contributed by atoms with Crippen LogP contribution < -0.4 is 5.32 Å². The van der Waals surface area contributed by atoms with Gasteiger partial charge in [-0.3, -0.25) is 10.1 Å². The average molecular weight is 251 g/mol. The minimum absolute atomic E-state index is 0.0411. The lowest BCUT2D eigenvalue weighted by Crippen LogP contribution is -2.40. The van der Waals surface area contributed by atoms with Gasteiger partial charge in [0.15, 0.2) is 0 Å². The van der Waals surface area contributed by atoms with Crippen molar-refractivity contribution in [3.05, 3.63) is 17.8 Å². The van der Waals surface area contributed by atoms with Crippen LogP contribution in [0.5, 0.6) is 0 Å². The SMILES string of the molecule is CCN(C(=O)CNC(C)c1ncc(C)o1)C1CC1. The molecule has 1 fully saturated rings. The molecule has 18 heavy (non-hydrogen) atoms. The Kier molecular flexibility index (Phi) is 4.01. The van der Waals surface area contributed by atoms with Crippen molar-refractivity contribution in [3.8, 4) is 0 Å². The molecule has 0 aliphatic heterocycles. The Balaban J connectivity index is 1.81. The Bertz CT molecular complexity index is 412. The van der Waals surface area contributed by atoms with Crippen LogP contribution in [-0.2, 0) is 4.79 Å². The van der Waals surface area contributed by atoms with Crippen molar-refractivity contribution in [2.24, 2.45) is 0 Å². The van der Waals surface area contributed by atoms with Crippen LogP contribution in [-0.4, -0.2) is 34.9 Å². The predicted octanol–water partition coefficient (Wildman–Crippen LogP) is 1.64. The fraction of sp³-hybridized carbons (Fsp3) is 0.692. The maximum Gasteiger partial charge on any atom is 0.236 e. The molecule has 1 aliphatic carbocycles. The number of nitrogens with zero attached hydrogens (tertiary/aromatic N) is 2. The number of nitrogens with one attached hydrogen (secondary N) is 1. The third-order valence-corrected chi connectivity index (χ3v) is 3.22. The maximum atomic E-state index is 12.0. The molecule has 5 heteroatoms. The topological polar surface area (TPSA) is 58.4 Å². The second kappa shape index (κ2) is 5.52. The Labute approximate surface area is 108 Å². The van der Waals surface area contributed by atoms with Crippen LogP contribution in [0.2, 0.25) is 0 Å². The zero-order valence-corrected chi connectivity index (χ0v) is 11.3. The van der Waals surface area contributed by atoms with Crippen molar-refractivity contribution in [1.29, 1.82) is 0 Å². The van der Waals surface area contributed by atoms with Crippen LogP contribution in [0.25, 0.3) is 0 Å². The molecule has 0 spiro atoms. The standard InChI is InChI=1S/C13H21N3O2/c1-4-16(11-5-6-11)12(17)8-14-10(3)13-15-7-9(2)18-13/h7,10-11,14H,4-6,8H2,1-3H3. The van der Waals surface area contributed by atoms with Gasteiger partial charge < -0.3 is 9.32 Å². The van der Waals surface area contributed by atoms with Gasteiger partial charge in [-0.15, -0.1) is 0 Å². The molecule has 0 radical (unpaired) electrons. The van der Waals surface area contributed by atoms with E-state index in [1.807, 2.05) is 25.7 Å². The Morgan fingerprint density at radius 1 is 1.67 bits per heavy atom. The first-order valence-electron chi connectivity index (χ1n) is 6.57. The number of aryl methyl sites for hydroxylation is 1. The van der Waals surface area contributed by atoms with Gasteiger partial charge in [0.05, 0.1) is 18.8 Å². The summed E-state index contributed by atoms with van der Waals surface area (Å²) >= 11 is 0. The van der Waals surface area contributed by atoms with E-state index in [4.69, 9.17) is 4.42 Å². The van der Waals surface area contributed by atoms with E-state index in [2.05, 4.69) is 10.3 Å². The number of hydrogen-bond acceptors (Lipinski definition) is 4. The van der Waals surface area contributed by atoms with Crippen molar-refractivity contribution in [2.45, 2.75) is 45.7 Å². The van der Waals surface area contributed by atoms with Crippen LogP contribution >= 0.6 is 0 Å². The summed E-state index contributed by atoms with van der Waals surface area (Å²) in [6.45, 7) is 6.97. The van der Waals surface area contributed by atoms with Crippen LogP contribution in [0.1, 0.15) is 44.4 Å². The normalized spacial score (nSPS) is 16.6. The molecule has 100 valence electrons. The number of rotatable bonds is 6. The van der Waals surface area contributed by atoms with Crippen LogP contribution in [0.4, 0.5) is 0 Å². The summed E-state index contributed by atoms with van der Waals surface area (Å²) < 4.78 is 5.43. The summed E-state index contributed by atoms with van der Waals surface area (Å²) in [5.74, 6) is 1.59. The summed E-state index contributed by atoms with van der Waals surface area (Å²) in [6, 6.07) is 0.434. The van der Waals surface area contributed by atoms with E-state index in [0.29, 0.717) is 18.5 Å². The second-order valence-electron chi connectivity index (χ2n) is 4.82. The molecular formula is C13H21N3O2. The smallest absolute Gasteiger partial charge is 0.236 e. The molecule has 1 amide bonds. The van der Waals surface area contributed by atoms with E-state index in [-0.39, 0.29) is 11.9 Å². The fourth-order valence-electron chi connectivity index (χ4n) is 2.03. The molecule has 1 unspecified atom stereocenters. The molecule has 1 N–H and O–H groups in total. The summed E-state index contributed by atoms with van der Waals surface area (Å²) in [4.78, 5) is 18.1. The molecule has 1 aromatic rings. The Hall–Kier alpha value is -1.36. The number of amides is 1. The zero-order valence-electron chi connectivity index (χ0n) is 11.3. The lowest BCUT2D eigenvalue weighted by Gasteiger charge is -2.21. The monoisotopic (exact) mass is 251 g/mol. The molecule has 0 bridgehead atoms. The number of carbonyl (C=O) groups excluding carboxylic acids is 1. The molecule has 1 saturated carbocycles. The quantitative estimate of drug-likeness (QED) is 0.835. The Morgan fingerprint density at radius 2 is 2.39 bits per heavy atom. The summed E-state index contributed by atoms with van der Waals surface area (Å²) in [6.07, 6.45) is 3.99. The summed E-state index contributed by atoms with van der Waals surface area (Å²) in [5, 5.41) is 3.16. The van der Waals surface area contributed by atoms with Gasteiger partial charge in [-0.05, 0) is 33.6 Å². The number of oxazole rings is 1. The van der Waals surface area contributed by atoms with E-state index >= 15 is 0 Å². The van der Waals surface area contributed by atoms with Gasteiger partial charge in [0.1, 0.15) is 5.76 Å². The van der Waals surface area contributed by atoms with Crippen molar-refractivity contribution in [2.75, 3.05) is 13.1 Å². The van der Waals surface area contributed by atoms with E-state index in [1.165, 1.54) is 0 Å². The number of hydrogen-bond donors (Lipinski definition) is 1. The maximum absolute atomic E-state index is 12.0. The number of aromatic nitrogens is 1. The highest BCUT2D eigenvalue weighted by molar-refractivity contribution is 5.78. The summed E-state index contributed by atoms with van der Waals surface area (Å²) in [5.41, 5.74) is 0. The lowest BCUT2D eigenvalue weighted by molar-refractivity contribution is -0.130. The first-order valence-corrected chi connectivity index (χ1v) is 6.57. The molecule has 0 aromatic carbocycles. The highest BCUT2D eigenvalue weighted by atomic mass is 16.4. The summed E-state index contributed by atoms with van der Waals surface area (Å²) in [7, 11) is 0. The lowest BCUT2D eigenvalue weighted by atomic mass is 10.3. The van der Waals surface area contributed by atoms with Gasteiger partial charge in [0.2, 0.25) is 11.8 Å². The third kappa shape index (κ3) is 3.10. The molecule has 2 rings (SSSR count). The number of likely N-dealkylation sites (N-methyl/N-ethyl adjacent to an activating group) is 1.